The zero-order chi connectivity index (χ0) is 10.3. The van der Waals surface area contributed by atoms with Gasteiger partial charge in [0.2, 0.25) is 0 Å². The highest BCUT2D eigenvalue weighted by atomic mass is 35.5. The number of allylic oxidation sites excluding steroid dienone is 1. The summed E-state index contributed by atoms with van der Waals surface area (Å²) in [4.78, 5) is 11.7. The van der Waals surface area contributed by atoms with Crippen LogP contribution in [0.5, 0.6) is 0 Å². The zero-order valence-electron chi connectivity index (χ0n) is 8.01. The molecule has 1 aliphatic rings. The van der Waals surface area contributed by atoms with Crippen LogP contribution in [0.15, 0.2) is 16.9 Å². The van der Waals surface area contributed by atoms with E-state index in [9.17, 15) is 4.79 Å². The van der Waals surface area contributed by atoms with Gasteiger partial charge in [0.15, 0.2) is 5.15 Å². The number of nitrogens with zero attached hydrogens (tertiary/aromatic N) is 2. The SMILES string of the molecule is C=C1CCc2c(Cl)nn(C)c(=O)c2C1. The van der Waals surface area contributed by atoms with Crippen molar-refractivity contribution in [1.29, 1.82) is 0 Å². The van der Waals surface area contributed by atoms with E-state index in [0.29, 0.717) is 11.6 Å². The first-order valence-corrected chi connectivity index (χ1v) is 4.88. The number of aryl methyl sites for hydroxylation is 1. The number of fused-ring (bicyclic) bond motifs is 1. The minimum Gasteiger partial charge on any atom is -0.267 e. The van der Waals surface area contributed by atoms with Crippen molar-refractivity contribution >= 4 is 11.6 Å². The Hall–Kier alpha value is -1.09. The molecule has 0 amide bonds. The number of hydrogen-bond donors (Lipinski definition) is 0. The number of halogens is 1. The molecule has 0 saturated carbocycles. The lowest BCUT2D eigenvalue weighted by Gasteiger charge is -2.18. The maximum absolute atomic E-state index is 11.7. The molecule has 1 aromatic heterocycles. The van der Waals surface area contributed by atoms with Crippen LogP contribution >= 0.6 is 11.6 Å². The molecule has 1 heterocycles. The van der Waals surface area contributed by atoms with Crippen LogP contribution in [0.3, 0.4) is 0 Å². The van der Waals surface area contributed by atoms with Gasteiger partial charge in [0.05, 0.1) is 0 Å². The molecule has 1 aliphatic carbocycles. The van der Waals surface area contributed by atoms with Crippen LogP contribution in [0, 0.1) is 0 Å². The first kappa shape index (κ1) is 9.46. The Morgan fingerprint density at radius 2 is 2.14 bits per heavy atom. The second kappa shape index (κ2) is 3.24. The van der Waals surface area contributed by atoms with Crippen molar-refractivity contribution in [3.05, 3.63) is 38.8 Å². The van der Waals surface area contributed by atoms with E-state index in [1.807, 2.05) is 0 Å². The fourth-order valence-electron chi connectivity index (χ4n) is 1.76. The van der Waals surface area contributed by atoms with Gasteiger partial charge in [0.25, 0.3) is 5.56 Å². The van der Waals surface area contributed by atoms with Crippen LogP contribution in [0.4, 0.5) is 0 Å². The normalized spacial score (nSPS) is 15.4. The third-order valence-corrected chi connectivity index (χ3v) is 2.86. The molecule has 2 rings (SSSR count). The van der Waals surface area contributed by atoms with Gasteiger partial charge in [-0.1, -0.05) is 23.8 Å². The van der Waals surface area contributed by atoms with Crippen molar-refractivity contribution in [3.63, 3.8) is 0 Å². The minimum absolute atomic E-state index is 0.0507. The van der Waals surface area contributed by atoms with Gasteiger partial charge in [-0.05, 0) is 19.3 Å². The van der Waals surface area contributed by atoms with E-state index in [-0.39, 0.29) is 5.56 Å². The molecule has 74 valence electrons. The molecular formula is C10H11ClN2O. The quantitative estimate of drug-likeness (QED) is 0.608. The van der Waals surface area contributed by atoms with Crippen LogP contribution in [0.1, 0.15) is 17.5 Å². The van der Waals surface area contributed by atoms with Crippen LogP contribution in [0.25, 0.3) is 0 Å². The fraction of sp³-hybridized carbons (Fsp3) is 0.400. The molecule has 1 aromatic rings. The summed E-state index contributed by atoms with van der Waals surface area (Å²) in [6, 6.07) is 0. The van der Waals surface area contributed by atoms with Crippen LogP contribution in [-0.2, 0) is 19.9 Å². The highest BCUT2D eigenvalue weighted by Crippen LogP contribution is 2.25. The molecule has 0 unspecified atom stereocenters. The van der Waals surface area contributed by atoms with Gasteiger partial charge in [-0.25, -0.2) is 4.68 Å². The maximum atomic E-state index is 11.7. The lowest BCUT2D eigenvalue weighted by Crippen LogP contribution is -2.28. The maximum Gasteiger partial charge on any atom is 0.270 e. The molecular weight excluding hydrogens is 200 g/mol. The summed E-state index contributed by atoms with van der Waals surface area (Å²) < 4.78 is 1.29. The fourth-order valence-corrected chi connectivity index (χ4v) is 2.08. The van der Waals surface area contributed by atoms with Crippen molar-refractivity contribution in [2.45, 2.75) is 19.3 Å². The molecule has 0 fully saturated rings. The van der Waals surface area contributed by atoms with E-state index in [1.165, 1.54) is 4.68 Å². The van der Waals surface area contributed by atoms with Crippen LogP contribution < -0.4 is 5.56 Å². The standard InChI is InChI=1S/C10H11ClN2O/c1-6-3-4-7-8(5-6)10(14)13(2)12-9(7)11/h1,3-5H2,2H3. The summed E-state index contributed by atoms with van der Waals surface area (Å²) in [7, 11) is 1.62. The Bertz CT molecular complexity index is 462. The Labute approximate surface area is 87.0 Å². The third-order valence-electron chi connectivity index (χ3n) is 2.56. The van der Waals surface area contributed by atoms with E-state index in [4.69, 9.17) is 11.6 Å². The molecule has 3 nitrogen and oxygen atoms in total. The van der Waals surface area contributed by atoms with Crippen LogP contribution in [0.2, 0.25) is 5.15 Å². The largest absolute Gasteiger partial charge is 0.270 e. The lowest BCUT2D eigenvalue weighted by atomic mass is 9.91. The van der Waals surface area contributed by atoms with Crippen molar-refractivity contribution in [2.24, 2.45) is 7.05 Å². The smallest absolute Gasteiger partial charge is 0.267 e. The molecule has 0 atom stereocenters. The van der Waals surface area contributed by atoms with E-state index in [0.717, 1.165) is 29.5 Å². The Balaban J connectivity index is 2.69. The molecule has 0 aliphatic heterocycles. The monoisotopic (exact) mass is 210 g/mol. The number of hydrogen-bond acceptors (Lipinski definition) is 2. The minimum atomic E-state index is -0.0507. The van der Waals surface area contributed by atoms with E-state index in [2.05, 4.69) is 11.7 Å². The van der Waals surface area contributed by atoms with Gasteiger partial charge >= 0.3 is 0 Å². The number of aromatic nitrogens is 2. The third kappa shape index (κ3) is 1.38. The molecule has 0 radical (unpaired) electrons. The predicted octanol–water partition coefficient (Wildman–Crippen LogP) is 1.48. The average molecular weight is 211 g/mol. The van der Waals surface area contributed by atoms with Crippen molar-refractivity contribution in [1.82, 2.24) is 9.78 Å². The molecule has 0 saturated heterocycles. The summed E-state index contributed by atoms with van der Waals surface area (Å²) in [5.74, 6) is 0. The Kier molecular flexibility index (Phi) is 2.19. The van der Waals surface area contributed by atoms with E-state index >= 15 is 0 Å². The summed E-state index contributed by atoms with van der Waals surface area (Å²) in [5.41, 5.74) is 2.72. The first-order valence-electron chi connectivity index (χ1n) is 4.51. The topological polar surface area (TPSA) is 34.9 Å². The van der Waals surface area contributed by atoms with Crippen LogP contribution in [-0.4, -0.2) is 9.78 Å². The van der Waals surface area contributed by atoms with Crippen molar-refractivity contribution < 1.29 is 0 Å². The zero-order valence-corrected chi connectivity index (χ0v) is 8.76. The van der Waals surface area contributed by atoms with Crippen molar-refractivity contribution in [3.8, 4) is 0 Å². The summed E-state index contributed by atoms with van der Waals surface area (Å²) in [5, 5.41) is 4.40. The molecule has 4 heteroatoms. The highest BCUT2D eigenvalue weighted by Gasteiger charge is 2.19. The Morgan fingerprint density at radius 1 is 1.43 bits per heavy atom. The lowest BCUT2D eigenvalue weighted by molar-refractivity contribution is 0.670. The van der Waals surface area contributed by atoms with Gasteiger partial charge in [0.1, 0.15) is 0 Å². The summed E-state index contributed by atoms with van der Waals surface area (Å²) >= 11 is 5.97. The predicted molar refractivity (Wildman–Crippen MR) is 55.7 cm³/mol. The second-order valence-corrected chi connectivity index (χ2v) is 3.96. The van der Waals surface area contributed by atoms with Gasteiger partial charge in [0, 0.05) is 18.2 Å². The second-order valence-electron chi connectivity index (χ2n) is 3.60. The first-order chi connectivity index (χ1) is 6.59. The molecule has 14 heavy (non-hydrogen) atoms. The summed E-state index contributed by atoms with van der Waals surface area (Å²) in [6.45, 7) is 3.90. The summed E-state index contributed by atoms with van der Waals surface area (Å²) in [6.07, 6.45) is 2.34. The molecule has 0 N–H and O–H groups in total. The Morgan fingerprint density at radius 3 is 2.86 bits per heavy atom. The van der Waals surface area contributed by atoms with E-state index in [1.54, 1.807) is 7.05 Å². The van der Waals surface area contributed by atoms with Gasteiger partial charge in [-0.3, -0.25) is 4.79 Å². The average Bonchev–Trinajstić information content (AvgIpc) is 2.14. The highest BCUT2D eigenvalue weighted by molar-refractivity contribution is 6.30. The van der Waals surface area contributed by atoms with E-state index < -0.39 is 0 Å². The van der Waals surface area contributed by atoms with Gasteiger partial charge in [-0.15, -0.1) is 0 Å². The molecule has 0 spiro atoms. The molecule has 0 bridgehead atoms. The van der Waals surface area contributed by atoms with Gasteiger partial charge in [-0.2, -0.15) is 5.10 Å². The van der Waals surface area contributed by atoms with Crippen molar-refractivity contribution in [2.75, 3.05) is 0 Å². The number of rotatable bonds is 0. The van der Waals surface area contributed by atoms with Gasteiger partial charge < -0.3 is 0 Å². The molecule has 0 aromatic carbocycles.